The fourth-order valence-corrected chi connectivity index (χ4v) is 9.64. The maximum absolute atomic E-state index is 11.2. The summed E-state index contributed by atoms with van der Waals surface area (Å²) in [7, 11) is 2.84. The minimum absolute atomic E-state index is 0.139. The van der Waals surface area contributed by atoms with E-state index >= 15 is 0 Å². The molecule has 0 amide bonds. The molecule has 0 aromatic heterocycles. The van der Waals surface area contributed by atoms with Crippen LogP contribution in [0.4, 0.5) is 0 Å². The third-order valence-corrected chi connectivity index (χ3v) is 15.5. The first-order valence-corrected chi connectivity index (χ1v) is 12.1. The molecule has 0 aromatic carbocycles. The summed E-state index contributed by atoms with van der Waals surface area (Å²) >= 11 is -2.04. The van der Waals surface area contributed by atoms with E-state index in [1.165, 1.54) is 14.2 Å². The first-order chi connectivity index (χ1) is 8.03. The van der Waals surface area contributed by atoms with Crippen LogP contribution in [0.1, 0.15) is 26.7 Å². The fraction of sp³-hybridized carbons (Fsp3) is 0.833. The summed E-state index contributed by atoms with van der Waals surface area (Å²) < 4.78 is 9.36. The summed E-state index contributed by atoms with van der Waals surface area (Å²) in [6.45, 7) is 4.36. The second-order valence-electron chi connectivity index (χ2n) is 4.36. The van der Waals surface area contributed by atoms with Gasteiger partial charge in [0, 0.05) is 0 Å². The van der Waals surface area contributed by atoms with E-state index in [0.717, 1.165) is 21.0 Å². The zero-order valence-electron chi connectivity index (χ0n) is 11.4. The molecular formula is C12H24GeO4. The second-order valence-corrected chi connectivity index (χ2v) is 15.7. The molecule has 0 aliphatic carbocycles. The molecular weight excluding hydrogens is 281 g/mol. The van der Waals surface area contributed by atoms with Gasteiger partial charge in [-0.1, -0.05) is 0 Å². The summed E-state index contributed by atoms with van der Waals surface area (Å²) in [6.07, 6.45) is 0.999. The predicted octanol–water partition coefficient (Wildman–Crippen LogP) is 2.60. The van der Waals surface area contributed by atoms with Gasteiger partial charge in [0.15, 0.2) is 0 Å². The van der Waals surface area contributed by atoms with Crippen LogP contribution in [0.2, 0.25) is 21.0 Å². The molecule has 0 aromatic rings. The van der Waals surface area contributed by atoms with Gasteiger partial charge in [-0.15, -0.1) is 0 Å². The van der Waals surface area contributed by atoms with Crippen molar-refractivity contribution >= 4 is 25.2 Å². The molecule has 100 valence electrons. The molecule has 0 aliphatic rings. The van der Waals surface area contributed by atoms with Gasteiger partial charge < -0.3 is 0 Å². The van der Waals surface area contributed by atoms with E-state index < -0.39 is 13.3 Å². The van der Waals surface area contributed by atoms with Gasteiger partial charge in [-0.2, -0.15) is 0 Å². The van der Waals surface area contributed by atoms with Gasteiger partial charge in [-0.3, -0.25) is 0 Å². The van der Waals surface area contributed by atoms with Gasteiger partial charge in [-0.25, -0.2) is 0 Å². The number of hydrogen-bond donors (Lipinski definition) is 0. The van der Waals surface area contributed by atoms with Crippen LogP contribution in [-0.4, -0.2) is 39.4 Å². The molecule has 0 spiro atoms. The Labute approximate surface area is 106 Å². The van der Waals surface area contributed by atoms with Crippen LogP contribution < -0.4 is 0 Å². The number of rotatable bonds is 8. The van der Waals surface area contributed by atoms with E-state index in [0.29, 0.717) is 12.8 Å². The molecule has 0 unspecified atom stereocenters. The first-order valence-electron chi connectivity index (χ1n) is 6.17. The van der Waals surface area contributed by atoms with Crippen LogP contribution >= 0.6 is 0 Å². The number of esters is 2. The first kappa shape index (κ1) is 16.5. The normalized spacial score (nSPS) is 11.1. The molecule has 4 nitrogen and oxygen atoms in total. The van der Waals surface area contributed by atoms with Gasteiger partial charge in [0.2, 0.25) is 0 Å². The van der Waals surface area contributed by atoms with Crippen LogP contribution in [0.5, 0.6) is 0 Å². The predicted molar refractivity (Wildman–Crippen MR) is 69.6 cm³/mol. The van der Waals surface area contributed by atoms with Crippen molar-refractivity contribution < 1.29 is 19.1 Å². The van der Waals surface area contributed by atoms with Crippen LogP contribution in [-0.2, 0) is 19.1 Å². The summed E-state index contributed by atoms with van der Waals surface area (Å²) in [5.74, 6) is -0.278. The third-order valence-electron chi connectivity index (χ3n) is 3.67. The molecule has 5 heteroatoms. The molecule has 0 aliphatic heterocycles. The molecule has 0 bridgehead atoms. The van der Waals surface area contributed by atoms with Crippen molar-refractivity contribution in [3.05, 3.63) is 0 Å². The van der Waals surface area contributed by atoms with Gasteiger partial charge in [-0.05, 0) is 0 Å². The monoisotopic (exact) mass is 306 g/mol. The number of carbonyl (C=O) groups excluding carboxylic acids is 2. The van der Waals surface area contributed by atoms with E-state index in [-0.39, 0.29) is 11.9 Å². The van der Waals surface area contributed by atoms with E-state index in [9.17, 15) is 9.59 Å². The van der Waals surface area contributed by atoms with E-state index in [2.05, 4.69) is 23.3 Å². The van der Waals surface area contributed by atoms with Crippen molar-refractivity contribution in [2.45, 2.75) is 47.7 Å². The Morgan fingerprint density at radius 3 is 1.47 bits per heavy atom. The fourth-order valence-electron chi connectivity index (χ4n) is 2.02. The van der Waals surface area contributed by atoms with Crippen LogP contribution in [0.15, 0.2) is 0 Å². The molecule has 17 heavy (non-hydrogen) atoms. The summed E-state index contributed by atoms with van der Waals surface area (Å²) in [5.41, 5.74) is 0. The Morgan fingerprint density at radius 1 is 0.882 bits per heavy atom. The van der Waals surface area contributed by atoms with Gasteiger partial charge in [0.25, 0.3) is 0 Å². The number of hydrogen-bond acceptors (Lipinski definition) is 4. The van der Waals surface area contributed by atoms with Crippen molar-refractivity contribution in [1.82, 2.24) is 0 Å². The zero-order valence-corrected chi connectivity index (χ0v) is 13.5. The Balaban J connectivity index is 4.34. The van der Waals surface area contributed by atoms with E-state index in [1.54, 1.807) is 0 Å². The molecule has 0 saturated carbocycles. The van der Waals surface area contributed by atoms with Crippen molar-refractivity contribution in [2.24, 2.45) is 0 Å². The van der Waals surface area contributed by atoms with Crippen molar-refractivity contribution in [2.75, 3.05) is 14.2 Å². The topological polar surface area (TPSA) is 52.6 Å². The quantitative estimate of drug-likeness (QED) is 0.511. The van der Waals surface area contributed by atoms with Crippen molar-refractivity contribution in [1.29, 1.82) is 0 Å². The molecule has 0 atom stereocenters. The van der Waals surface area contributed by atoms with Crippen LogP contribution in [0, 0.1) is 0 Å². The molecule has 0 heterocycles. The number of carbonyl (C=O) groups is 2. The number of ether oxygens (including phenoxy) is 2. The summed E-state index contributed by atoms with van der Waals surface area (Å²) in [6, 6.07) is 0. The number of methoxy groups -OCH3 is 2. The second kappa shape index (κ2) is 8.56. The zero-order chi connectivity index (χ0) is 13.3. The standard InChI is InChI=1S/C12H24GeO4/c1-5-13(6-2,9-7-11(14)16-3)10-8-12(15)17-4/h5-10H2,1-4H3. The molecule has 0 N–H and O–H groups in total. The maximum atomic E-state index is 11.2. The molecule has 0 rings (SSSR count). The van der Waals surface area contributed by atoms with E-state index in [4.69, 9.17) is 0 Å². The Bertz CT molecular complexity index is 227. The summed E-state index contributed by atoms with van der Waals surface area (Å²) in [4.78, 5) is 22.4. The Kier molecular flexibility index (Phi) is 8.30. The van der Waals surface area contributed by atoms with E-state index in [1.807, 2.05) is 0 Å². The van der Waals surface area contributed by atoms with Gasteiger partial charge >= 0.3 is 106 Å². The molecule has 0 saturated heterocycles. The van der Waals surface area contributed by atoms with Crippen LogP contribution in [0.25, 0.3) is 0 Å². The van der Waals surface area contributed by atoms with Crippen molar-refractivity contribution in [3.63, 3.8) is 0 Å². The third kappa shape index (κ3) is 6.10. The minimum atomic E-state index is -2.04. The molecule has 0 fully saturated rings. The van der Waals surface area contributed by atoms with Crippen LogP contribution in [0.3, 0.4) is 0 Å². The Morgan fingerprint density at radius 2 is 1.24 bits per heavy atom. The van der Waals surface area contributed by atoms with Crippen molar-refractivity contribution in [3.8, 4) is 0 Å². The van der Waals surface area contributed by atoms with Gasteiger partial charge in [0.1, 0.15) is 0 Å². The average Bonchev–Trinajstić information content (AvgIpc) is 2.38. The average molecular weight is 305 g/mol. The summed E-state index contributed by atoms with van der Waals surface area (Å²) in [5, 5.41) is 4.20. The molecule has 0 radical (unpaired) electrons. The van der Waals surface area contributed by atoms with Gasteiger partial charge in [0.05, 0.1) is 0 Å². The Hall–Kier alpha value is -0.517. The SMILES string of the molecule is C[CH2][Ge]([CH2]C)([CH2]CC(=O)OC)[CH2]CC(=O)OC.